The molecule has 32 heavy (non-hydrogen) atoms. The summed E-state index contributed by atoms with van der Waals surface area (Å²) in [6.07, 6.45) is 4.61. The molecule has 1 aliphatic carbocycles. The Labute approximate surface area is 191 Å². The van der Waals surface area contributed by atoms with E-state index in [2.05, 4.69) is 10.2 Å². The lowest BCUT2D eigenvalue weighted by atomic mass is 9.97. The molecule has 1 fully saturated rings. The van der Waals surface area contributed by atoms with Gasteiger partial charge in [0.1, 0.15) is 16.5 Å². The maximum Gasteiger partial charge on any atom is 0.238 e. The number of nitrogens with zero attached hydrogens (tertiary/aromatic N) is 3. The Hall–Kier alpha value is -2.11. The third-order valence-electron chi connectivity index (χ3n) is 6.04. The minimum atomic E-state index is -3.69. The van der Waals surface area contributed by atoms with Crippen LogP contribution in [0.15, 0.2) is 29.2 Å². The van der Waals surface area contributed by atoms with Gasteiger partial charge in [0.25, 0.3) is 0 Å². The van der Waals surface area contributed by atoms with Gasteiger partial charge in [0.05, 0.1) is 30.0 Å². The lowest BCUT2D eigenvalue weighted by Crippen LogP contribution is -2.36. The fourth-order valence-electron chi connectivity index (χ4n) is 4.34. The molecule has 8 nitrogen and oxygen atoms in total. The number of nitrogens with one attached hydrogen (secondary N) is 1. The third-order valence-corrected chi connectivity index (χ3v) is 8.16. The molecule has 0 atom stereocenters. The van der Waals surface area contributed by atoms with Crippen molar-refractivity contribution < 1.29 is 13.2 Å². The summed E-state index contributed by atoms with van der Waals surface area (Å²) in [4.78, 5) is 14.8. The van der Waals surface area contributed by atoms with Crippen molar-refractivity contribution in [1.29, 1.82) is 0 Å². The highest BCUT2D eigenvalue weighted by Gasteiger charge is 2.22. The lowest BCUT2D eigenvalue weighted by Gasteiger charge is -2.25. The number of nitrogens with two attached hydrogens (primary N) is 1. The van der Waals surface area contributed by atoms with Gasteiger partial charge in [0, 0.05) is 24.5 Å². The summed E-state index contributed by atoms with van der Waals surface area (Å²) < 4.78 is 28.5. The maximum absolute atomic E-state index is 11.5. The van der Waals surface area contributed by atoms with Crippen LogP contribution in [0.25, 0.3) is 10.2 Å². The molecular weight excluding hydrogens is 446 g/mol. The normalized spacial score (nSPS) is 17.4. The Morgan fingerprint density at radius 1 is 1.09 bits per heavy atom. The van der Waals surface area contributed by atoms with E-state index in [1.54, 1.807) is 23.5 Å². The van der Waals surface area contributed by atoms with Crippen molar-refractivity contribution in [2.75, 3.05) is 31.6 Å². The van der Waals surface area contributed by atoms with Gasteiger partial charge < -0.3 is 10.1 Å². The molecule has 1 saturated heterocycles. The van der Waals surface area contributed by atoms with Gasteiger partial charge in [-0.1, -0.05) is 12.1 Å². The van der Waals surface area contributed by atoms with Gasteiger partial charge in [0.15, 0.2) is 0 Å². The highest BCUT2D eigenvalue weighted by atomic mass is 32.2. The SMILES string of the molecule is NS(=O)(=O)c1ccc(CNc2nc(CN3CCOCC3)nc3sc4c(c23)CCCC4)cc1. The molecule has 0 saturated carbocycles. The number of hydrogen-bond donors (Lipinski definition) is 2. The van der Waals surface area contributed by atoms with Gasteiger partial charge in [-0.05, 0) is 48.9 Å². The molecule has 3 aromatic rings. The van der Waals surface area contributed by atoms with E-state index < -0.39 is 10.0 Å². The van der Waals surface area contributed by atoms with Gasteiger partial charge in [-0.2, -0.15) is 0 Å². The average Bonchev–Trinajstić information content (AvgIpc) is 3.16. The molecule has 0 bridgehead atoms. The largest absolute Gasteiger partial charge is 0.379 e. The molecule has 2 aliphatic rings. The number of sulfonamides is 1. The molecule has 170 valence electrons. The second-order valence-corrected chi connectivity index (χ2v) is 11.0. The number of aryl methyl sites for hydroxylation is 2. The van der Waals surface area contributed by atoms with Crippen LogP contribution in [0.4, 0.5) is 5.82 Å². The molecule has 3 heterocycles. The molecule has 1 aromatic carbocycles. The van der Waals surface area contributed by atoms with Crippen LogP contribution in [-0.2, 0) is 40.7 Å². The Bertz CT molecular complexity index is 1220. The average molecular weight is 474 g/mol. The molecule has 0 spiro atoms. The van der Waals surface area contributed by atoms with Gasteiger partial charge in [-0.3, -0.25) is 4.90 Å². The first-order valence-electron chi connectivity index (χ1n) is 10.9. The monoisotopic (exact) mass is 473 g/mol. The zero-order valence-electron chi connectivity index (χ0n) is 17.8. The first-order chi connectivity index (χ1) is 15.5. The van der Waals surface area contributed by atoms with Gasteiger partial charge in [-0.15, -0.1) is 11.3 Å². The Kier molecular flexibility index (Phi) is 6.13. The molecule has 5 rings (SSSR count). The minimum absolute atomic E-state index is 0.116. The Balaban J connectivity index is 1.44. The van der Waals surface area contributed by atoms with Crippen molar-refractivity contribution in [2.45, 2.75) is 43.7 Å². The van der Waals surface area contributed by atoms with Crippen LogP contribution >= 0.6 is 11.3 Å². The van der Waals surface area contributed by atoms with Crippen LogP contribution in [0, 0.1) is 0 Å². The lowest BCUT2D eigenvalue weighted by molar-refractivity contribution is 0.0331. The second kappa shape index (κ2) is 9.03. The highest BCUT2D eigenvalue weighted by molar-refractivity contribution is 7.89. The van der Waals surface area contributed by atoms with Crippen LogP contribution in [-0.4, -0.2) is 49.6 Å². The number of ether oxygens (including phenoxy) is 1. The smallest absolute Gasteiger partial charge is 0.238 e. The molecule has 10 heteroatoms. The van der Waals surface area contributed by atoms with E-state index in [-0.39, 0.29) is 4.90 Å². The number of rotatable bonds is 6. The topological polar surface area (TPSA) is 110 Å². The molecule has 0 amide bonds. The number of aromatic nitrogens is 2. The van der Waals surface area contributed by atoms with Crippen molar-refractivity contribution in [2.24, 2.45) is 5.14 Å². The molecule has 3 N–H and O–H groups in total. The number of primary sulfonamides is 1. The molecule has 0 radical (unpaired) electrons. The summed E-state index contributed by atoms with van der Waals surface area (Å²) in [6.45, 7) is 4.52. The summed E-state index contributed by atoms with van der Waals surface area (Å²) in [6, 6.07) is 6.64. The third kappa shape index (κ3) is 4.65. The molecule has 0 unspecified atom stereocenters. The summed E-state index contributed by atoms with van der Waals surface area (Å²) in [5.41, 5.74) is 2.35. The quantitative estimate of drug-likeness (QED) is 0.566. The van der Waals surface area contributed by atoms with Crippen molar-refractivity contribution in [3.8, 4) is 0 Å². The van der Waals surface area contributed by atoms with Crippen LogP contribution < -0.4 is 10.5 Å². The van der Waals surface area contributed by atoms with Crippen molar-refractivity contribution in [3.05, 3.63) is 46.1 Å². The van der Waals surface area contributed by atoms with Gasteiger partial charge >= 0.3 is 0 Å². The fourth-order valence-corrected chi connectivity index (χ4v) is 6.14. The van der Waals surface area contributed by atoms with Crippen molar-refractivity contribution in [3.63, 3.8) is 0 Å². The van der Waals surface area contributed by atoms with Crippen LogP contribution in [0.5, 0.6) is 0 Å². The first kappa shape index (κ1) is 21.7. The van der Waals surface area contributed by atoms with E-state index in [9.17, 15) is 8.42 Å². The zero-order valence-corrected chi connectivity index (χ0v) is 19.5. The summed E-state index contributed by atoms with van der Waals surface area (Å²) >= 11 is 1.80. The summed E-state index contributed by atoms with van der Waals surface area (Å²) in [5, 5.41) is 9.87. The second-order valence-electron chi connectivity index (χ2n) is 8.31. The highest BCUT2D eigenvalue weighted by Crippen LogP contribution is 2.38. The van der Waals surface area contributed by atoms with Gasteiger partial charge in [-0.25, -0.2) is 23.5 Å². The Morgan fingerprint density at radius 2 is 1.84 bits per heavy atom. The number of fused-ring (bicyclic) bond motifs is 3. The number of benzene rings is 1. The van der Waals surface area contributed by atoms with E-state index in [0.717, 1.165) is 66.6 Å². The van der Waals surface area contributed by atoms with E-state index in [0.29, 0.717) is 13.1 Å². The van der Waals surface area contributed by atoms with Crippen LogP contribution in [0.1, 0.15) is 34.7 Å². The van der Waals surface area contributed by atoms with Crippen LogP contribution in [0.3, 0.4) is 0 Å². The van der Waals surface area contributed by atoms with Crippen molar-refractivity contribution in [1.82, 2.24) is 14.9 Å². The first-order valence-corrected chi connectivity index (χ1v) is 13.3. The van der Waals surface area contributed by atoms with E-state index in [4.69, 9.17) is 19.8 Å². The molecule has 2 aromatic heterocycles. The number of thiophene rings is 1. The summed E-state index contributed by atoms with van der Waals surface area (Å²) in [7, 11) is -3.69. The number of morpholine rings is 1. The molecule has 1 aliphatic heterocycles. The number of anilines is 1. The van der Waals surface area contributed by atoms with E-state index in [1.165, 1.54) is 35.4 Å². The predicted molar refractivity (Wildman–Crippen MR) is 125 cm³/mol. The zero-order chi connectivity index (χ0) is 22.1. The minimum Gasteiger partial charge on any atom is -0.379 e. The van der Waals surface area contributed by atoms with Gasteiger partial charge in [0.2, 0.25) is 10.0 Å². The van der Waals surface area contributed by atoms with E-state index >= 15 is 0 Å². The fraction of sp³-hybridized carbons (Fsp3) is 0.455. The van der Waals surface area contributed by atoms with Crippen molar-refractivity contribution >= 4 is 37.4 Å². The standard InChI is InChI=1S/C22H27N5O3S2/c23-32(28,29)16-7-5-15(6-8-16)13-24-21-20-17-3-1-2-4-18(17)31-22(20)26-19(25-21)14-27-9-11-30-12-10-27/h5-8H,1-4,9-14H2,(H2,23,28,29)(H,24,25,26). The van der Waals surface area contributed by atoms with E-state index in [1.807, 2.05) is 0 Å². The Morgan fingerprint density at radius 3 is 2.59 bits per heavy atom. The van der Waals surface area contributed by atoms with Crippen LogP contribution in [0.2, 0.25) is 0 Å². The predicted octanol–water partition coefficient (Wildman–Crippen LogP) is 2.66. The molecular formula is C22H27N5O3S2. The number of hydrogen-bond acceptors (Lipinski definition) is 8. The summed E-state index contributed by atoms with van der Waals surface area (Å²) in [5.74, 6) is 1.69. The maximum atomic E-state index is 11.5.